The highest BCUT2D eigenvalue weighted by Crippen LogP contribution is 2.28. The molecule has 0 radical (unpaired) electrons. The zero-order valence-electron chi connectivity index (χ0n) is 23.9. The van der Waals surface area contributed by atoms with Gasteiger partial charge in [0.2, 0.25) is 0 Å². The van der Waals surface area contributed by atoms with Gasteiger partial charge < -0.3 is 14.8 Å². The zero-order chi connectivity index (χ0) is 28.3. The van der Waals surface area contributed by atoms with Crippen molar-refractivity contribution in [1.29, 1.82) is 0 Å². The fourth-order valence-corrected chi connectivity index (χ4v) is 5.38. The van der Waals surface area contributed by atoms with Crippen LogP contribution in [0, 0.1) is 6.92 Å². The molecule has 4 rings (SSSR count). The lowest BCUT2D eigenvalue weighted by Gasteiger charge is -2.22. The molecule has 3 aromatic carbocycles. The van der Waals surface area contributed by atoms with E-state index in [1.54, 1.807) is 14.2 Å². The molecule has 1 amide bonds. The second-order valence-electron chi connectivity index (χ2n) is 10.2. The number of benzene rings is 3. The summed E-state index contributed by atoms with van der Waals surface area (Å²) in [4.78, 5) is 20.0. The molecule has 0 bridgehead atoms. The smallest absolute Gasteiger partial charge is 0.270 e. The second kappa shape index (κ2) is 14.6. The number of carbonyl (C=O) groups is 1. The largest absolute Gasteiger partial charge is 0.493 e. The molecule has 7 heteroatoms. The van der Waals surface area contributed by atoms with Gasteiger partial charge in [-0.25, -0.2) is 4.98 Å². The van der Waals surface area contributed by atoms with Gasteiger partial charge in [0.15, 0.2) is 11.5 Å². The Balaban J connectivity index is 1.38. The third kappa shape index (κ3) is 8.66. The van der Waals surface area contributed by atoms with E-state index in [1.165, 1.54) is 33.6 Å². The number of hydrogen-bond acceptors (Lipinski definition) is 6. The molecule has 4 aromatic rings. The van der Waals surface area contributed by atoms with Crippen LogP contribution in [0.2, 0.25) is 0 Å². The lowest BCUT2D eigenvalue weighted by molar-refractivity contribution is 0.0933. The molecule has 0 saturated carbocycles. The summed E-state index contributed by atoms with van der Waals surface area (Å²) in [5, 5.41) is 5.91. The lowest BCUT2D eigenvalue weighted by Crippen LogP contribution is -2.33. The van der Waals surface area contributed by atoms with Gasteiger partial charge in [-0.3, -0.25) is 9.69 Å². The third-order valence-corrected chi connectivity index (χ3v) is 7.75. The van der Waals surface area contributed by atoms with E-state index in [0.717, 1.165) is 48.9 Å². The summed E-state index contributed by atoms with van der Waals surface area (Å²) >= 11 is 1.54. The topological polar surface area (TPSA) is 63.7 Å². The number of hydrogen-bond donors (Lipinski definition) is 1. The van der Waals surface area contributed by atoms with Crippen LogP contribution in [0.3, 0.4) is 0 Å². The van der Waals surface area contributed by atoms with E-state index in [9.17, 15) is 4.79 Å². The average molecular weight is 558 g/mol. The van der Waals surface area contributed by atoms with Crippen molar-refractivity contribution in [1.82, 2.24) is 15.2 Å². The molecular formula is C33H39N3O3S. The summed E-state index contributed by atoms with van der Waals surface area (Å²) in [5.41, 5.74) is 5.44. The molecule has 6 nitrogen and oxygen atoms in total. The number of nitrogens with one attached hydrogen (secondary N) is 1. The maximum atomic E-state index is 12.9. The monoisotopic (exact) mass is 557 g/mol. The van der Waals surface area contributed by atoms with Crippen molar-refractivity contribution < 1.29 is 14.3 Å². The van der Waals surface area contributed by atoms with E-state index in [1.807, 2.05) is 42.6 Å². The molecule has 0 saturated heterocycles. The number of carbonyl (C=O) groups excluding carboxylic acids is 1. The summed E-state index contributed by atoms with van der Waals surface area (Å²) in [6, 6.07) is 25.1. The van der Waals surface area contributed by atoms with Crippen molar-refractivity contribution in [3.63, 3.8) is 0 Å². The van der Waals surface area contributed by atoms with E-state index in [4.69, 9.17) is 14.5 Å². The molecule has 40 heavy (non-hydrogen) atoms. The Kier molecular flexibility index (Phi) is 10.7. The van der Waals surface area contributed by atoms with Crippen molar-refractivity contribution in [2.75, 3.05) is 20.8 Å². The molecule has 1 N–H and O–H groups in total. The molecule has 1 aromatic heterocycles. The standard InChI is InChI=1S/C33H39N3O3S/c1-24-10-13-28(14-11-24)21-36(19-18-27-16-17-30(38-3)31(20-27)39-4)22-32-35-29(23-40-32)33(37)34-25(2)12-15-26-8-6-5-7-9-26/h5-11,13-14,16-17,20,23,25H,12,15,18-19,21-22H2,1-4H3,(H,34,37)/t25-/m0/s1. The van der Waals surface area contributed by atoms with E-state index in [0.29, 0.717) is 12.2 Å². The Bertz CT molecular complexity index is 1360. The molecule has 0 fully saturated rings. The van der Waals surface area contributed by atoms with Gasteiger partial charge in [-0.2, -0.15) is 0 Å². The minimum atomic E-state index is -0.113. The van der Waals surface area contributed by atoms with Gasteiger partial charge in [0.05, 0.1) is 20.8 Å². The first-order valence-corrected chi connectivity index (χ1v) is 14.6. The number of amides is 1. The van der Waals surface area contributed by atoms with Crippen LogP contribution in [0.4, 0.5) is 0 Å². The molecule has 0 spiro atoms. The van der Waals surface area contributed by atoms with Crippen molar-refractivity contribution in [2.24, 2.45) is 0 Å². The van der Waals surface area contributed by atoms with Crippen molar-refractivity contribution >= 4 is 17.2 Å². The summed E-state index contributed by atoms with van der Waals surface area (Å²) in [6.07, 6.45) is 2.66. The highest BCUT2D eigenvalue weighted by atomic mass is 32.1. The van der Waals surface area contributed by atoms with Crippen molar-refractivity contribution in [3.05, 3.63) is 111 Å². The van der Waals surface area contributed by atoms with Crippen LogP contribution in [-0.4, -0.2) is 42.6 Å². The molecule has 0 aliphatic heterocycles. The van der Waals surface area contributed by atoms with Crippen LogP contribution in [0.1, 0.15) is 51.1 Å². The van der Waals surface area contributed by atoms with E-state index >= 15 is 0 Å². The minimum Gasteiger partial charge on any atom is -0.493 e. The molecule has 0 aliphatic carbocycles. The van der Waals surface area contributed by atoms with Gasteiger partial charge in [0, 0.05) is 24.5 Å². The van der Waals surface area contributed by atoms with Crippen LogP contribution in [0.5, 0.6) is 11.5 Å². The SMILES string of the molecule is COc1ccc(CCN(Cc2ccc(C)cc2)Cc2nc(C(=O)N[C@@H](C)CCc3ccccc3)cs2)cc1OC. The highest BCUT2D eigenvalue weighted by molar-refractivity contribution is 7.09. The molecule has 210 valence electrons. The summed E-state index contributed by atoms with van der Waals surface area (Å²) in [7, 11) is 3.31. The van der Waals surface area contributed by atoms with E-state index < -0.39 is 0 Å². The molecular weight excluding hydrogens is 518 g/mol. The minimum absolute atomic E-state index is 0.0670. The Morgan fingerprint density at radius 2 is 1.62 bits per heavy atom. The Labute approximate surface area is 242 Å². The first-order chi connectivity index (χ1) is 19.4. The fraction of sp³-hybridized carbons (Fsp3) is 0.333. The molecule has 1 heterocycles. The fourth-order valence-electron chi connectivity index (χ4n) is 4.57. The van der Waals surface area contributed by atoms with Crippen LogP contribution >= 0.6 is 11.3 Å². The highest BCUT2D eigenvalue weighted by Gasteiger charge is 2.16. The molecule has 0 aliphatic rings. The summed E-state index contributed by atoms with van der Waals surface area (Å²) < 4.78 is 10.9. The van der Waals surface area contributed by atoms with Crippen LogP contribution in [0.15, 0.2) is 78.2 Å². The maximum absolute atomic E-state index is 12.9. The van der Waals surface area contributed by atoms with Crippen molar-refractivity contribution in [2.45, 2.75) is 52.2 Å². The normalized spacial score (nSPS) is 11.8. The quantitative estimate of drug-likeness (QED) is 0.193. The van der Waals surface area contributed by atoms with E-state index in [2.05, 4.69) is 59.6 Å². The van der Waals surface area contributed by atoms with Gasteiger partial charge in [-0.05, 0) is 61.9 Å². The number of thiazole rings is 1. The molecule has 1 atom stereocenters. The second-order valence-corrected chi connectivity index (χ2v) is 11.1. The first kappa shape index (κ1) is 29.3. The van der Waals surface area contributed by atoms with Crippen molar-refractivity contribution in [3.8, 4) is 11.5 Å². The predicted octanol–water partition coefficient (Wildman–Crippen LogP) is 6.46. The van der Waals surface area contributed by atoms with Crippen LogP contribution < -0.4 is 14.8 Å². The maximum Gasteiger partial charge on any atom is 0.270 e. The predicted molar refractivity (Wildman–Crippen MR) is 162 cm³/mol. The zero-order valence-corrected chi connectivity index (χ0v) is 24.7. The number of nitrogens with zero attached hydrogens (tertiary/aromatic N) is 2. The number of ether oxygens (including phenoxy) is 2. The molecule has 0 unspecified atom stereocenters. The van der Waals surface area contributed by atoms with E-state index in [-0.39, 0.29) is 11.9 Å². The summed E-state index contributed by atoms with van der Waals surface area (Å²) in [5.74, 6) is 1.35. The summed E-state index contributed by atoms with van der Waals surface area (Å²) in [6.45, 7) is 6.45. The third-order valence-electron chi connectivity index (χ3n) is 6.92. The Morgan fingerprint density at radius 3 is 2.35 bits per heavy atom. The number of aryl methyl sites for hydroxylation is 2. The van der Waals surface area contributed by atoms with Gasteiger partial charge >= 0.3 is 0 Å². The number of methoxy groups -OCH3 is 2. The number of rotatable bonds is 14. The first-order valence-electron chi connectivity index (χ1n) is 13.7. The Hall–Kier alpha value is -3.68. The van der Waals surface area contributed by atoms with Gasteiger partial charge in [-0.15, -0.1) is 11.3 Å². The van der Waals surface area contributed by atoms with Crippen LogP contribution in [0.25, 0.3) is 0 Å². The lowest BCUT2D eigenvalue weighted by atomic mass is 10.1. The van der Waals surface area contributed by atoms with Gasteiger partial charge in [0.25, 0.3) is 5.91 Å². The Morgan fingerprint density at radius 1 is 0.900 bits per heavy atom. The van der Waals surface area contributed by atoms with Gasteiger partial charge in [0.1, 0.15) is 10.7 Å². The van der Waals surface area contributed by atoms with Crippen LogP contribution in [-0.2, 0) is 25.9 Å². The van der Waals surface area contributed by atoms with Gasteiger partial charge in [-0.1, -0.05) is 66.2 Å². The average Bonchev–Trinajstić information content (AvgIpc) is 3.45. The number of aromatic nitrogens is 1.